The van der Waals surface area contributed by atoms with Crippen LogP contribution in [0.1, 0.15) is 24.1 Å². The van der Waals surface area contributed by atoms with Crippen LogP contribution < -0.4 is 0 Å². The van der Waals surface area contributed by atoms with E-state index in [9.17, 15) is 0 Å². The van der Waals surface area contributed by atoms with Crippen LogP contribution in [0.15, 0.2) is 0 Å². The minimum absolute atomic E-state index is 0.634. The van der Waals surface area contributed by atoms with Gasteiger partial charge >= 0.3 is 0 Å². The number of H-pyrrole nitrogens is 1. The van der Waals surface area contributed by atoms with Crippen molar-refractivity contribution < 1.29 is 0 Å². The van der Waals surface area contributed by atoms with Crippen LogP contribution in [0.25, 0.3) is 0 Å². The van der Waals surface area contributed by atoms with Crippen molar-refractivity contribution in [2.75, 3.05) is 0 Å². The highest BCUT2D eigenvalue weighted by Crippen LogP contribution is 2.03. The summed E-state index contributed by atoms with van der Waals surface area (Å²) in [4.78, 5) is 7.15. The Balaban J connectivity index is 3.07. The maximum atomic E-state index is 5.14. The van der Waals surface area contributed by atoms with Crippen molar-refractivity contribution in [3.05, 3.63) is 17.2 Å². The molecular weight excluding hydrogens is 124 g/mol. The van der Waals surface area contributed by atoms with E-state index in [2.05, 4.69) is 22.8 Å². The number of nitrogens with zero attached hydrogens (tertiary/aromatic N) is 1. The molecule has 1 heterocycles. The van der Waals surface area contributed by atoms with Gasteiger partial charge < -0.3 is 4.98 Å². The Bertz CT molecular complexity index is 265. The summed E-state index contributed by atoms with van der Waals surface area (Å²) in [5.74, 6) is 3.09. The summed E-state index contributed by atoms with van der Waals surface area (Å²) in [7, 11) is 0. The highest BCUT2D eigenvalue weighted by molar-refractivity contribution is 5.23. The van der Waals surface area contributed by atoms with Gasteiger partial charge in [0.2, 0.25) is 0 Å². The van der Waals surface area contributed by atoms with Crippen molar-refractivity contribution in [2.24, 2.45) is 0 Å². The highest BCUT2D eigenvalue weighted by atomic mass is 14.9. The van der Waals surface area contributed by atoms with Crippen LogP contribution in [0.5, 0.6) is 0 Å². The van der Waals surface area contributed by atoms with Gasteiger partial charge in [-0.05, 0) is 19.3 Å². The number of imidazole rings is 1. The number of aryl methyl sites for hydroxylation is 2. The van der Waals surface area contributed by atoms with Crippen LogP contribution in [0, 0.1) is 19.3 Å². The van der Waals surface area contributed by atoms with E-state index in [1.54, 1.807) is 0 Å². The average Bonchev–Trinajstić information content (AvgIpc) is 2.30. The van der Waals surface area contributed by atoms with Crippen LogP contribution in [-0.4, -0.2) is 9.97 Å². The van der Waals surface area contributed by atoms with Gasteiger partial charge in [0.05, 0.1) is 5.69 Å². The smallest absolute Gasteiger partial charge is 0.182 e. The van der Waals surface area contributed by atoms with E-state index in [4.69, 9.17) is 6.42 Å². The van der Waals surface area contributed by atoms with E-state index < -0.39 is 0 Å². The lowest BCUT2D eigenvalue weighted by Gasteiger charge is -1.86. The molecule has 0 saturated heterocycles. The summed E-state index contributed by atoms with van der Waals surface area (Å²) in [5, 5.41) is 0. The summed E-state index contributed by atoms with van der Waals surface area (Å²) in [5.41, 5.74) is 2.14. The van der Waals surface area contributed by atoms with Gasteiger partial charge in [-0.2, -0.15) is 0 Å². The van der Waals surface area contributed by atoms with Crippen LogP contribution in [0.4, 0.5) is 0 Å². The molecule has 0 bridgehead atoms. The van der Waals surface area contributed by atoms with Gasteiger partial charge in [0.1, 0.15) is 0 Å². The molecule has 1 aromatic rings. The molecule has 0 aliphatic heterocycles. The Labute approximate surface area is 60.7 Å². The summed E-state index contributed by atoms with van der Waals surface area (Å²) < 4.78 is 0. The van der Waals surface area contributed by atoms with Crippen molar-refractivity contribution in [1.29, 1.82) is 0 Å². The van der Waals surface area contributed by atoms with Gasteiger partial charge in [0, 0.05) is 5.69 Å². The topological polar surface area (TPSA) is 28.7 Å². The second kappa shape index (κ2) is 2.57. The number of aromatic nitrogens is 2. The van der Waals surface area contributed by atoms with Crippen LogP contribution in [0.2, 0.25) is 0 Å². The van der Waals surface area contributed by atoms with Crippen molar-refractivity contribution in [3.63, 3.8) is 0 Å². The Morgan fingerprint density at radius 2 is 2.40 bits per heavy atom. The molecule has 0 aliphatic carbocycles. The van der Waals surface area contributed by atoms with Gasteiger partial charge in [-0.25, -0.2) is 4.98 Å². The zero-order valence-corrected chi connectivity index (χ0v) is 6.23. The van der Waals surface area contributed by atoms with E-state index in [1.165, 1.54) is 0 Å². The molecule has 0 radical (unpaired) electrons. The first-order valence-electron chi connectivity index (χ1n) is 3.30. The molecule has 0 amide bonds. The molecule has 0 spiro atoms. The third-order valence-electron chi connectivity index (χ3n) is 1.46. The van der Waals surface area contributed by atoms with Gasteiger partial charge in [-0.15, -0.1) is 6.42 Å². The second-order valence-corrected chi connectivity index (χ2v) is 2.15. The fraction of sp³-hybridized carbons (Fsp3) is 0.375. The third-order valence-corrected chi connectivity index (χ3v) is 1.46. The quantitative estimate of drug-likeness (QED) is 0.575. The SMILES string of the molecule is C#Cc1nc(CC)c(C)[nH]1. The zero-order chi connectivity index (χ0) is 7.56. The minimum Gasteiger partial charge on any atom is -0.335 e. The highest BCUT2D eigenvalue weighted by Gasteiger charge is 2.00. The van der Waals surface area contributed by atoms with E-state index in [0.717, 1.165) is 17.8 Å². The predicted molar refractivity (Wildman–Crippen MR) is 40.6 cm³/mol. The van der Waals surface area contributed by atoms with E-state index >= 15 is 0 Å². The largest absolute Gasteiger partial charge is 0.335 e. The third kappa shape index (κ3) is 1.03. The van der Waals surface area contributed by atoms with Crippen molar-refractivity contribution in [3.8, 4) is 12.3 Å². The first kappa shape index (κ1) is 6.88. The van der Waals surface area contributed by atoms with Crippen molar-refractivity contribution >= 4 is 0 Å². The minimum atomic E-state index is 0.634. The van der Waals surface area contributed by atoms with Gasteiger partial charge in [0.15, 0.2) is 5.82 Å². The molecule has 0 aromatic carbocycles. The lowest BCUT2D eigenvalue weighted by atomic mass is 10.3. The fourth-order valence-electron chi connectivity index (χ4n) is 0.909. The normalized spacial score (nSPS) is 9.30. The van der Waals surface area contributed by atoms with E-state index in [0.29, 0.717) is 5.82 Å². The Morgan fingerprint density at radius 1 is 1.70 bits per heavy atom. The molecule has 0 fully saturated rings. The molecule has 2 heteroatoms. The van der Waals surface area contributed by atoms with Crippen LogP contribution in [-0.2, 0) is 6.42 Å². The molecule has 0 saturated carbocycles. The average molecular weight is 134 g/mol. The molecule has 1 aromatic heterocycles. The molecule has 1 rings (SSSR count). The summed E-state index contributed by atoms with van der Waals surface area (Å²) in [6.07, 6.45) is 6.08. The molecule has 52 valence electrons. The lowest BCUT2D eigenvalue weighted by Crippen LogP contribution is -1.81. The molecule has 0 atom stereocenters. The van der Waals surface area contributed by atoms with Crippen molar-refractivity contribution in [1.82, 2.24) is 9.97 Å². The molecule has 2 nitrogen and oxygen atoms in total. The number of aromatic amines is 1. The summed E-state index contributed by atoms with van der Waals surface area (Å²) >= 11 is 0. The van der Waals surface area contributed by atoms with Crippen molar-refractivity contribution in [2.45, 2.75) is 20.3 Å². The first-order chi connectivity index (χ1) is 4.77. The van der Waals surface area contributed by atoms with Gasteiger partial charge in [-0.1, -0.05) is 6.92 Å². The van der Waals surface area contributed by atoms with Crippen LogP contribution >= 0.6 is 0 Å². The van der Waals surface area contributed by atoms with Gasteiger partial charge in [-0.3, -0.25) is 0 Å². The molecule has 10 heavy (non-hydrogen) atoms. The molecule has 0 aliphatic rings. The van der Waals surface area contributed by atoms with E-state index in [1.807, 2.05) is 6.92 Å². The first-order valence-corrected chi connectivity index (χ1v) is 3.30. The molecule has 0 unspecified atom stereocenters. The number of hydrogen-bond acceptors (Lipinski definition) is 1. The Morgan fingerprint density at radius 3 is 2.70 bits per heavy atom. The number of nitrogens with one attached hydrogen (secondary N) is 1. The predicted octanol–water partition coefficient (Wildman–Crippen LogP) is 1.26. The standard InChI is InChI=1S/C8H10N2/c1-4-7-6(3)9-8(5-2)10-7/h2H,4H2,1,3H3,(H,9,10). The Kier molecular flexibility index (Phi) is 1.77. The second-order valence-electron chi connectivity index (χ2n) is 2.15. The number of rotatable bonds is 1. The zero-order valence-electron chi connectivity index (χ0n) is 6.23. The number of terminal acetylenes is 1. The summed E-state index contributed by atoms with van der Waals surface area (Å²) in [6.45, 7) is 4.04. The number of hydrogen-bond donors (Lipinski definition) is 1. The maximum Gasteiger partial charge on any atom is 0.182 e. The maximum absolute atomic E-state index is 5.14. The lowest BCUT2D eigenvalue weighted by molar-refractivity contribution is 1.04. The molecule has 1 N–H and O–H groups in total. The van der Waals surface area contributed by atoms with Crippen LogP contribution in [0.3, 0.4) is 0 Å². The summed E-state index contributed by atoms with van der Waals surface area (Å²) in [6, 6.07) is 0. The Hall–Kier alpha value is -1.23. The monoisotopic (exact) mass is 134 g/mol. The molecular formula is C8H10N2. The van der Waals surface area contributed by atoms with E-state index in [-0.39, 0.29) is 0 Å². The fourth-order valence-corrected chi connectivity index (χ4v) is 0.909. The van der Waals surface area contributed by atoms with Gasteiger partial charge in [0.25, 0.3) is 0 Å².